The summed E-state index contributed by atoms with van der Waals surface area (Å²) in [6, 6.07) is 16.8. The molecule has 0 fully saturated rings. The maximum atomic E-state index is 13.9. The number of hydrogen-bond acceptors (Lipinski definition) is 3. The summed E-state index contributed by atoms with van der Waals surface area (Å²) in [5.41, 5.74) is -0.337. The smallest absolute Gasteiger partial charge is 0.417 e. The summed E-state index contributed by atoms with van der Waals surface area (Å²) >= 11 is 0. The van der Waals surface area contributed by atoms with Crippen molar-refractivity contribution in [1.82, 2.24) is 5.16 Å². The van der Waals surface area contributed by atoms with Gasteiger partial charge in [0.05, 0.1) is 11.1 Å². The zero-order valence-electron chi connectivity index (χ0n) is 15.7. The molecule has 3 aromatic carbocycles. The van der Waals surface area contributed by atoms with Crippen LogP contribution in [0, 0.1) is 5.82 Å². The van der Waals surface area contributed by atoms with Gasteiger partial charge >= 0.3 is 12.1 Å². The van der Waals surface area contributed by atoms with Crippen LogP contribution in [0.15, 0.2) is 77.3 Å². The van der Waals surface area contributed by atoms with Crippen molar-refractivity contribution in [2.45, 2.75) is 6.18 Å². The van der Waals surface area contributed by atoms with Crippen LogP contribution in [0.3, 0.4) is 0 Å². The van der Waals surface area contributed by atoms with E-state index in [0.29, 0.717) is 5.56 Å². The molecule has 4 aromatic rings. The Labute approximate surface area is 173 Å². The first-order chi connectivity index (χ1) is 14.7. The second-order valence-electron chi connectivity index (χ2n) is 6.70. The summed E-state index contributed by atoms with van der Waals surface area (Å²) < 4.78 is 60.3. The third-order valence-electron chi connectivity index (χ3n) is 4.70. The highest BCUT2D eigenvalue weighted by molar-refractivity contribution is 5.88. The molecule has 156 valence electrons. The van der Waals surface area contributed by atoms with Crippen LogP contribution >= 0.6 is 0 Å². The number of carboxylic acid groups (broad SMARTS) is 1. The molecule has 31 heavy (non-hydrogen) atoms. The number of hydrogen-bond donors (Lipinski definition) is 1. The summed E-state index contributed by atoms with van der Waals surface area (Å²) in [7, 11) is 0. The van der Waals surface area contributed by atoms with E-state index in [4.69, 9.17) is 9.63 Å². The molecule has 0 bridgehead atoms. The monoisotopic (exact) mass is 427 g/mol. The number of aromatic carboxylic acids is 1. The van der Waals surface area contributed by atoms with Crippen LogP contribution in [-0.2, 0) is 6.18 Å². The summed E-state index contributed by atoms with van der Waals surface area (Å²) in [6.07, 6.45) is -4.60. The molecule has 1 heterocycles. The summed E-state index contributed by atoms with van der Waals surface area (Å²) in [5, 5.41) is 12.7. The van der Waals surface area contributed by atoms with Crippen molar-refractivity contribution in [3.63, 3.8) is 0 Å². The maximum absolute atomic E-state index is 13.9. The Morgan fingerprint density at radius 2 is 1.58 bits per heavy atom. The molecule has 4 nitrogen and oxygen atoms in total. The van der Waals surface area contributed by atoms with Gasteiger partial charge in [-0.05, 0) is 29.3 Å². The van der Waals surface area contributed by atoms with Crippen molar-refractivity contribution in [2.75, 3.05) is 0 Å². The number of halogens is 4. The lowest BCUT2D eigenvalue weighted by atomic mass is 9.96. The number of benzene rings is 3. The Kier molecular flexibility index (Phi) is 5.06. The van der Waals surface area contributed by atoms with Crippen LogP contribution in [0.5, 0.6) is 0 Å². The van der Waals surface area contributed by atoms with Gasteiger partial charge in [-0.15, -0.1) is 0 Å². The van der Waals surface area contributed by atoms with Gasteiger partial charge in [0, 0.05) is 17.2 Å². The molecule has 1 aromatic heterocycles. The largest absolute Gasteiger partial charge is 0.478 e. The SMILES string of the molecule is O=C(O)c1ccc(-c2cc(-c3ccc(-c4ccccc4)c(C(F)(F)F)c3)on2)cc1F. The Balaban J connectivity index is 1.74. The summed E-state index contributed by atoms with van der Waals surface area (Å²) in [5.74, 6) is -2.31. The van der Waals surface area contributed by atoms with Crippen LogP contribution in [0.2, 0.25) is 0 Å². The first-order valence-corrected chi connectivity index (χ1v) is 9.01. The second kappa shape index (κ2) is 7.71. The second-order valence-corrected chi connectivity index (χ2v) is 6.70. The average molecular weight is 427 g/mol. The van der Waals surface area contributed by atoms with Gasteiger partial charge in [-0.1, -0.05) is 53.7 Å². The average Bonchev–Trinajstić information content (AvgIpc) is 3.23. The summed E-state index contributed by atoms with van der Waals surface area (Å²) in [4.78, 5) is 10.9. The zero-order valence-corrected chi connectivity index (χ0v) is 15.7. The highest BCUT2D eigenvalue weighted by Gasteiger charge is 2.34. The highest BCUT2D eigenvalue weighted by Crippen LogP contribution is 2.40. The lowest BCUT2D eigenvalue weighted by Crippen LogP contribution is -2.07. The number of carboxylic acids is 1. The lowest BCUT2D eigenvalue weighted by molar-refractivity contribution is -0.137. The Morgan fingerprint density at radius 3 is 2.23 bits per heavy atom. The van der Waals surface area contributed by atoms with E-state index in [9.17, 15) is 22.4 Å². The predicted molar refractivity (Wildman–Crippen MR) is 105 cm³/mol. The van der Waals surface area contributed by atoms with Crippen LogP contribution in [0.25, 0.3) is 33.7 Å². The fraction of sp³-hybridized carbons (Fsp3) is 0.0435. The van der Waals surface area contributed by atoms with E-state index in [0.717, 1.165) is 18.2 Å². The van der Waals surface area contributed by atoms with Crippen molar-refractivity contribution in [2.24, 2.45) is 0 Å². The lowest BCUT2D eigenvalue weighted by Gasteiger charge is -2.14. The molecule has 0 saturated heterocycles. The third-order valence-corrected chi connectivity index (χ3v) is 4.70. The highest BCUT2D eigenvalue weighted by atomic mass is 19.4. The molecular formula is C23H13F4NO3. The number of rotatable bonds is 4. The molecule has 0 radical (unpaired) electrons. The first kappa shape index (κ1) is 20.3. The van der Waals surface area contributed by atoms with E-state index in [2.05, 4.69) is 5.16 Å². The fourth-order valence-electron chi connectivity index (χ4n) is 3.20. The van der Waals surface area contributed by atoms with E-state index in [-0.39, 0.29) is 28.1 Å². The van der Waals surface area contributed by atoms with Crippen LogP contribution in [0.1, 0.15) is 15.9 Å². The van der Waals surface area contributed by atoms with Gasteiger partial charge in [-0.2, -0.15) is 13.2 Å². The Morgan fingerprint density at radius 1 is 0.871 bits per heavy atom. The van der Waals surface area contributed by atoms with Crippen molar-refractivity contribution in [3.05, 3.63) is 89.7 Å². The quantitative estimate of drug-likeness (QED) is 0.376. The molecule has 0 spiro atoms. The molecule has 0 aliphatic carbocycles. The molecule has 0 aliphatic rings. The van der Waals surface area contributed by atoms with Crippen molar-refractivity contribution < 1.29 is 32.0 Å². The Hall–Kier alpha value is -3.94. The van der Waals surface area contributed by atoms with E-state index >= 15 is 0 Å². The molecule has 8 heteroatoms. The van der Waals surface area contributed by atoms with Gasteiger partial charge in [0.1, 0.15) is 11.5 Å². The standard InChI is InChI=1S/C23H13F4NO3/c24-19-11-14(6-9-17(19)22(29)30)20-12-21(31-28-20)15-7-8-16(13-4-2-1-3-5-13)18(10-15)23(25,26)27/h1-12H,(H,29,30). The maximum Gasteiger partial charge on any atom is 0.417 e. The third kappa shape index (κ3) is 4.05. The summed E-state index contributed by atoms with van der Waals surface area (Å²) in [6.45, 7) is 0. The number of alkyl halides is 3. The van der Waals surface area contributed by atoms with E-state index < -0.39 is 29.1 Å². The molecular weight excluding hydrogens is 414 g/mol. The molecule has 4 rings (SSSR count). The van der Waals surface area contributed by atoms with Crippen molar-refractivity contribution in [1.29, 1.82) is 0 Å². The minimum Gasteiger partial charge on any atom is -0.478 e. The van der Waals surface area contributed by atoms with E-state index in [1.165, 1.54) is 24.3 Å². The Bertz CT molecular complexity index is 1260. The van der Waals surface area contributed by atoms with Gasteiger partial charge in [0.25, 0.3) is 0 Å². The molecule has 0 unspecified atom stereocenters. The van der Waals surface area contributed by atoms with E-state index in [1.807, 2.05) is 0 Å². The molecule has 0 saturated carbocycles. The van der Waals surface area contributed by atoms with E-state index in [1.54, 1.807) is 30.3 Å². The van der Waals surface area contributed by atoms with Gasteiger partial charge in [-0.3, -0.25) is 0 Å². The molecule has 0 aliphatic heterocycles. The molecule has 0 atom stereocenters. The van der Waals surface area contributed by atoms with Gasteiger partial charge in [-0.25, -0.2) is 9.18 Å². The van der Waals surface area contributed by atoms with Crippen molar-refractivity contribution in [3.8, 4) is 33.7 Å². The molecule has 0 amide bonds. The number of aromatic nitrogens is 1. The zero-order chi connectivity index (χ0) is 22.2. The van der Waals surface area contributed by atoms with Crippen LogP contribution < -0.4 is 0 Å². The number of nitrogens with zero attached hydrogens (tertiary/aromatic N) is 1. The van der Waals surface area contributed by atoms with Crippen LogP contribution in [-0.4, -0.2) is 16.2 Å². The number of carbonyl (C=O) groups is 1. The normalized spacial score (nSPS) is 11.5. The van der Waals surface area contributed by atoms with Gasteiger partial charge in [0.2, 0.25) is 0 Å². The predicted octanol–water partition coefficient (Wildman–Crippen LogP) is 6.53. The van der Waals surface area contributed by atoms with Crippen LogP contribution in [0.4, 0.5) is 17.6 Å². The fourth-order valence-corrected chi connectivity index (χ4v) is 3.20. The van der Waals surface area contributed by atoms with Gasteiger partial charge < -0.3 is 9.63 Å². The van der Waals surface area contributed by atoms with Gasteiger partial charge in [0.15, 0.2) is 5.76 Å². The molecule has 1 N–H and O–H groups in total. The first-order valence-electron chi connectivity index (χ1n) is 9.01. The minimum atomic E-state index is -4.60. The van der Waals surface area contributed by atoms with Crippen molar-refractivity contribution >= 4 is 5.97 Å². The topological polar surface area (TPSA) is 63.3 Å². The minimum absolute atomic E-state index is 0.0305.